The lowest BCUT2D eigenvalue weighted by Crippen LogP contribution is -2.19. The number of hydrogen-bond acceptors (Lipinski definition) is 3. The van der Waals surface area contributed by atoms with E-state index in [1.165, 1.54) is 5.56 Å². The van der Waals surface area contributed by atoms with Crippen LogP contribution in [0.1, 0.15) is 25.3 Å². The van der Waals surface area contributed by atoms with Gasteiger partial charge < -0.3 is 20.1 Å². The lowest BCUT2D eigenvalue weighted by atomic mass is 10.0. The molecule has 0 unspecified atom stereocenters. The van der Waals surface area contributed by atoms with Gasteiger partial charge in [-0.15, -0.1) is 0 Å². The minimum absolute atomic E-state index is 0.512. The van der Waals surface area contributed by atoms with Gasteiger partial charge in [0.2, 0.25) is 0 Å². The summed E-state index contributed by atoms with van der Waals surface area (Å²) in [4.78, 5) is 0. The molecule has 0 aliphatic rings. The second kappa shape index (κ2) is 7.83. The van der Waals surface area contributed by atoms with Crippen molar-refractivity contribution in [2.75, 3.05) is 24.9 Å². The van der Waals surface area contributed by atoms with Crippen molar-refractivity contribution in [1.29, 1.82) is 0 Å². The first-order chi connectivity index (χ1) is 11.0. The SMILES string of the molecule is COc1cc(NC(=S)Nc2ccc(C(C)C)cc2)cc(OC)c1. The van der Waals surface area contributed by atoms with Crippen molar-refractivity contribution in [3.63, 3.8) is 0 Å². The summed E-state index contributed by atoms with van der Waals surface area (Å²) < 4.78 is 10.5. The fourth-order valence-electron chi connectivity index (χ4n) is 2.12. The number of thiocarbonyl (C=S) groups is 1. The highest BCUT2D eigenvalue weighted by Gasteiger charge is 2.05. The number of hydrogen-bond donors (Lipinski definition) is 2. The van der Waals surface area contributed by atoms with Crippen molar-refractivity contribution in [3.05, 3.63) is 48.0 Å². The molecule has 0 spiro atoms. The van der Waals surface area contributed by atoms with E-state index >= 15 is 0 Å². The van der Waals surface area contributed by atoms with Gasteiger partial charge in [-0.2, -0.15) is 0 Å². The van der Waals surface area contributed by atoms with Gasteiger partial charge in [0, 0.05) is 29.6 Å². The molecule has 0 saturated heterocycles. The Morgan fingerprint density at radius 3 is 1.87 bits per heavy atom. The minimum atomic E-state index is 0.512. The lowest BCUT2D eigenvalue weighted by molar-refractivity contribution is 0.395. The third-order valence-electron chi connectivity index (χ3n) is 3.44. The number of rotatable bonds is 5. The first-order valence-electron chi connectivity index (χ1n) is 7.43. The van der Waals surface area contributed by atoms with Crippen LogP contribution in [0.5, 0.6) is 11.5 Å². The molecule has 0 atom stereocenters. The van der Waals surface area contributed by atoms with Crippen molar-refractivity contribution in [2.45, 2.75) is 19.8 Å². The molecule has 0 aliphatic heterocycles. The van der Waals surface area contributed by atoms with Crippen LogP contribution in [-0.2, 0) is 0 Å². The van der Waals surface area contributed by atoms with Gasteiger partial charge in [-0.3, -0.25) is 0 Å². The molecule has 0 aliphatic carbocycles. The minimum Gasteiger partial charge on any atom is -0.497 e. The van der Waals surface area contributed by atoms with E-state index in [2.05, 4.69) is 36.6 Å². The molecule has 0 saturated carbocycles. The average Bonchev–Trinajstić information content (AvgIpc) is 2.54. The van der Waals surface area contributed by atoms with Gasteiger partial charge in [0.1, 0.15) is 11.5 Å². The van der Waals surface area contributed by atoms with Crippen molar-refractivity contribution >= 4 is 28.7 Å². The molecular weight excluding hydrogens is 308 g/mol. The van der Waals surface area contributed by atoms with Gasteiger partial charge in [0.15, 0.2) is 5.11 Å². The maximum Gasteiger partial charge on any atom is 0.175 e. The van der Waals surface area contributed by atoms with Crippen LogP contribution >= 0.6 is 12.2 Å². The molecule has 0 heterocycles. The Hall–Kier alpha value is -2.27. The number of methoxy groups -OCH3 is 2. The van der Waals surface area contributed by atoms with Crippen LogP contribution in [0.15, 0.2) is 42.5 Å². The van der Waals surface area contributed by atoms with Crippen LogP contribution in [0.4, 0.5) is 11.4 Å². The highest BCUT2D eigenvalue weighted by molar-refractivity contribution is 7.80. The Bertz CT molecular complexity index is 647. The monoisotopic (exact) mass is 330 g/mol. The molecule has 122 valence electrons. The van der Waals surface area contributed by atoms with Crippen LogP contribution in [-0.4, -0.2) is 19.3 Å². The van der Waals surface area contributed by atoms with E-state index < -0.39 is 0 Å². The zero-order valence-electron chi connectivity index (χ0n) is 13.8. The molecule has 4 nitrogen and oxygen atoms in total. The van der Waals surface area contributed by atoms with E-state index in [9.17, 15) is 0 Å². The zero-order chi connectivity index (χ0) is 16.8. The smallest absolute Gasteiger partial charge is 0.175 e. The van der Waals surface area contributed by atoms with Crippen molar-refractivity contribution in [2.24, 2.45) is 0 Å². The number of ether oxygens (including phenoxy) is 2. The summed E-state index contributed by atoms with van der Waals surface area (Å²) in [6.07, 6.45) is 0. The molecular formula is C18H22N2O2S. The highest BCUT2D eigenvalue weighted by atomic mass is 32.1. The standard InChI is InChI=1S/C18H22N2O2S/c1-12(2)13-5-7-14(8-6-13)19-18(23)20-15-9-16(21-3)11-17(10-15)22-4/h5-12H,1-4H3,(H2,19,20,23). The van der Waals surface area contributed by atoms with E-state index in [-0.39, 0.29) is 0 Å². The second-order valence-corrected chi connectivity index (χ2v) is 5.87. The molecule has 2 aromatic carbocycles. The highest BCUT2D eigenvalue weighted by Crippen LogP contribution is 2.26. The third kappa shape index (κ3) is 4.86. The summed E-state index contributed by atoms with van der Waals surface area (Å²) in [6.45, 7) is 4.34. The summed E-state index contributed by atoms with van der Waals surface area (Å²) in [5.74, 6) is 1.92. The summed E-state index contributed by atoms with van der Waals surface area (Å²) in [6, 6.07) is 13.8. The molecule has 5 heteroatoms. The third-order valence-corrected chi connectivity index (χ3v) is 3.65. The molecule has 2 rings (SSSR count). The van der Waals surface area contributed by atoms with E-state index in [4.69, 9.17) is 21.7 Å². The van der Waals surface area contributed by atoms with Crippen LogP contribution in [0.3, 0.4) is 0 Å². The summed E-state index contributed by atoms with van der Waals surface area (Å²) >= 11 is 5.36. The number of benzene rings is 2. The maximum atomic E-state index is 5.36. The van der Waals surface area contributed by atoms with E-state index in [1.54, 1.807) is 14.2 Å². The second-order valence-electron chi connectivity index (χ2n) is 5.46. The van der Waals surface area contributed by atoms with Crippen molar-refractivity contribution < 1.29 is 9.47 Å². The Balaban J connectivity index is 2.04. The van der Waals surface area contributed by atoms with Gasteiger partial charge in [-0.05, 0) is 35.8 Å². The zero-order valence-corrected chi connectivity index (χ0v) is 14.7. The first kappa shape index (κ1) is 17.1. The topological polar surface area (TPSA) is 42.5 Å². The molecule has 23 heavy (non-hydrogen) atoms. The Labute approximate surface area is 142 Å². The van der Waals surface area contributed by atoms with Crippen LogP contribution < -0.4 is 20.1 Å². The molecule has 0 amide bonds. The van der Waals surface area contributed by atoms with Gasteiger partial charge in [-0.25, -0.2) is 0 Å². The van der Waals surface area contributed by atoms with Crippen molar-refractivity contribution in [3.8, 4) is 11.5 Å². The summed E-state index contributed by atoms with van der Waals surface area (Å²) in [5.41, 5.74) is 3.05. The van der Waals surface area contributed by atoms with E-state index in [0.717, 1.165) is 11.4 Å². The normalized spacial score (nSPS) is 10.3. The van der Waals surface area contributed by atoms with E-state index in [0.29, 0.717) is 22.5 Å². The van der Waals surface area contributed by atoms with Crippen LogP contribution in [0, 0.1) is 0 Å². The largest absolute Gasteiger partial charge is 0.497 e. The summed E-state index contributed by atoms with van der Waals surface area (Å²) in [5, 5.41) is 6.82. The molecule has 0 radical (unpaired) electrons. The molecule has 2 N–H and O–H groups in total. The quantitative estimate of drug-likeness (QED) is 0.782. The predicted molar refractivity (Wildman–Crippen MR) is 99.9 cm³/mol. The lowest BCUT2D eigenvalue weighted by Gasteiger charge is -2.13. The maximum absolute atomic E-state index is 5.36. The fourth-order valence-corrected chi connectivity index (χ4v) is 2.36. The fraction of sp³-hybridized carbons (Fsp3) is 0.278. The number of nitrogens with one attached hydrogen (secondary N) is 2. The summed E-state index contributed by atoms with van der Waals surface area (Å²) in [7, 11) is 3.23. The van der Waals surface area contributed by atoms with Gasteiger partial charge in [0.05, 0.1) is 14.2 Å². The Morgan fingerprint density at radius 2 is 1.39 bits per heavy atom. The first-order valence-corrected chi connectivity index (χ1v) is 7.83. The van der Waals surface area contributed by atoms with Crippen molar-refractivity contribution in [1.82, 2.24) is 0 Å². The van der Waals surface area contributed by atoms with Gasteiger partial charge in [0.25, 0.3) is 0 Å². The molecule has 2 aromatic rings. The average molecular weight is 330 g/mol. The van der Waals surface area contributed by atoms with Gasteiger partial charge in [-0.1, -0.05) is 26.0 Å². The van der Waals surface area contributed by atoms with E-state index in [1.807, 2.05) is 30.3 Å². The Morgan fingerprint density at radius 1 is 0.870 bits per heavy atom. The molecule has 0 fully saturated rings. The van der Waals surface area contributed by atoms with Gasteiger partial charge >= 0.3 is 0 Å². The Kier molecular flexibility index (Phi) is 5.82. The van der Waals surface area contributed by atoms with Crippen LogP contribution in [0.25, 0.3) is 0 Å². The molecule has 0 bridgehead atoms. The molecule has 0 aromatic heterocycles. The number of anilines is 2. The van der Waals surface area contributed by atoms with Crippen LogP contribution in [0.2, 0.25) is 0 Å². The predicted octanol–water partition coefficient (Wildman–Crippen LogP) is 4.64.